The Balaban J connectivity index is 1.78. The second-order valence-corrected chi connectivity index (χ2v) is 7.20. The number of aliphatic hydroxyl groups excluding tert-OH is 1. The van der Waals surface area contributed by atoms with Crippen molar-refractivity contribution in [3.05, 3.63) is 28.2 Å². The minimum Gasteiger partial charge on any atom is -0.396 e. The molecule has 0 saturated heterocycles. The van der Waals surface area contributed by atoms with Crippen LogP contribution in [0.25, 0.3) is 0 Å². The van der Waals surface area contributed by atoms with Gasteiger partial charge < -0.3 is 15.3 Å². The first-order chi connectivity index (χ1) is 10.3. The second kappa shape index (κ2) is 7.12. The number of aliphatic hydroxyl groups is 1. The van der Waals surface area contributed by atoms with Crippen LogP contribution in [0.2, 0.25) is 0 Å². The number of benzene rings is 1. The highest BCUT2D eigenvalue weighted by Gasteiger charge is 2.27. The standard InChI is InChI=1S/C17H25BrN2O/c18-14-5-8-17(13(11-14)12-19-15-6-7-15)20(9-2-10-21)16-3-1-4-16/h5,8,11,15-16,19,21H,1-4,6-7,9-10,12H2. The third kappa shape index (κ3) is 3.99. The van der Waals surface area contributed by atoms with Gasteiger partial charge in [-0.2, -0.15) is 0 Å². The molecule has 2 saturated carbocycles. The molecule has 0 aromatic heterocycles. The number of hydrogen-bond donors (Lipinski definition) is 2. The molecule has 0 radical (unpaired) electrons. The summed E-state index contributed by atoms with van der Waals surface area (Å²) in [5, 5.41) is 12.8. The van der Waals surface area contributed by atoms with Crippen molar-refractivity contribution in [3.8, 4) is 0 Å². The SMILES string of the molecule is OCCCN(c1ccc(Br)cc1CNC1CC1)C1CCC1. The molecule has 0 aliphatic heterocycles. The normalized spacial score (nSPS) is 18.6. The molecule has 3 nitrogen and oxygen atoms in total. The minimum absolute atomic E-state index is 0.273. The molecule has 1 aromatic rings. The molecule has 2 aliphatic carbocycles. The van der Waals surface area contributed by atoms with E-state index in [1.807, 2.05) is 0 Å². The molecule has 3 rings (SSSR count). The lowest BCUT2D eigenvalue weighted by Crippen LogP contribution is -2.42. The lowest BCUT2D eigenvalue weighted by atomic mass is 9.90. The molecule has 0 spiro atoms. The maximum absolute atomic E-state index is 9.19. The van der Waals surface area contributed by atoms with Gasteiger partial charge in [0, 0.05) is 41.9 Å². The summed E-state index contributed by atoms with van der Waals surface area (Å²) >= 11 is 3.60. The number of nitrogens with one attached hydrogen (secondary N) is 1. The van der Waals surface area contributed by atoms with Gasteiger partial charge in [0.15, 0.2) is 0 Å². The molecule has 0 unspecified atom stereocenters. The predicted molar refractivity (Wildman–Crippen MR) is 90.7 cm³/mol. The Kier molecular flexibility index (Phi) is 5.19. The smallest absolute Gasteiger partial charge is 0.0447 e. The van der Waals surface area contributed by atoms with Gasteiger partial charge in [-0.05, 0) is 62.3 Å². The summed E-state index contributed by atoms with van der Waals surface area (Å²) in [5.74, 6) is 0. The monoisotopic (exact) mass is 352 g/mol. The molecule has 2 N–H and O–H groups in total. The number of nitrogens with zero attached hydrogens (tertiary/aromatic N) is 1. The quantitative estimate of drug-likeness (QED) is 0.752. The van der Waals surface area contributed by atoms with E-state index < -0.39 is 0 Å². The first-order valence-electron chi connectivity index (χ1n) is 8.17. The zero-order valence-electron chi connectivity index (χ0n) is 12.5. The highest BCUT2D eigenvalue weighted by molar-refractivity contribution is 9.10. The van der Waals surface area contributed by atoms with Crippen LogP contribution >= 0.6 is 15.9 Å². The largest absolute Gasteiger partial charge is 0.396 e. The fourth-order valence-electron chi connectivity index (χ4n) is 2.96. The van der Waals surface area contributed by atoms with Crippen molar-refractivity contribution in [1.82, 2.24) is 5.32 Å². The maximum Gasteiger partial charge on any atom is 0.0447 e. The highest BCUT2D eigenvalue weighted by Crippen LogP contribution is 2.33. The Bertz CT molecular complexity index is 472. The van der Waals surface area contributed by atoms with Gasteiger partial charge in [0.1, 0.15) is 0 Å². The lowest BCUT2D eigenvalue weighted by Gasteiger charge is -2.40. The van der Waals surface area contributed by atoms with Crippen LogP contribution in [0.15, 0.2) is 22.7 Å². The summed E-state index contributed by atoms with van der Waals surface area (Å²) in [4.78, 5) is 2.52. The van der Waals surface area contributed by atoms with Gasteiger partial charge in [-0.25, -0.2) is 0 Å². The lowest BCUT2D eigenvalue weighted by molar-refractivity contribution is 0.283. The van der Waals surface area contributed by atoms with E-state index in [2.05, 4.69) is 44.3 Å². The molecular formula is C17H25BrN2O. The zero-order chi connectivity index (χ0) is 14.7. The van der Waals surface area contributed by atoms with Crippen LogP contribution in [-0.4, -0.2) is 30.3 Å². The van der Waals surface area contributed by atoms with Crippen LogP contribution in [0.3, 0.4) is 0 Å². The Labute approximate surface area is 135 Å². The third-order valence-electron chi connectivity index (χ3n) is 4.58. The molecular weight excluding hydrogens is 328 g/mol. The molecule has 2 fully saturated rings. The zero-order valence-corrected chi connectivity index (χ0v) is 14.1. The fraction of sp³-hybridized carbons (Fsp3) is 0.647. The number of anilines is 1. The van der Waals surface area contributed by atoms with Crippen molar-refractivity contribution in [2.75, 3.05) is 18.1 Å². The summed E-state index contributed by atoms with van der Waals surface area (Å²) in [5.41, 5.74) is 2.73. The molecule has 0 amide bonds. The van der Waals surface area contributed by atoms with E-state index >= 15 is 0 Å². The Morgan fingerprint density at radius 2 is 2.05 bits per heavy atom. The number of rotatable bonds is 8. The molecule has 2 aliphatic rings. The maximum atomic E-state index is 9.19. The second-order valence-electron chi connectivity index (χ2n) is 6.28. The molecule has 1 aromatic carbocycles. The van der Waals surface area contributed by atoms with E-state index in [4.69, 9.17) is 0 Å². The summed E-state index contributed by atoms with van der Waals surface area (Å²) in [6.45, 7) is 2.18. The molecule has 116 valence electrons. The summed E-state index contributed by atoms with van der Waals surface area (Å²) in [7, 11) is 0. The van der Waals surface area contributed by atoms with Gasteiger partial charge in [-0.1, -0.05) is 15.9 Å². The summed E-state index contributed by atoms with van der Waals surface area (Å²) < 4.78 is 1.15. The predicted octanol–water partition coefficient (Wildman–Crippen LogP) is 3.44. The molecule has 0 bridgehead atoms. The average Bonchev–Trinajstić information content (AvgIpc) is 3.23. The van der Waals surface area contributed by atoms with Gasteiger partial charge >= 0.3 is 0 Å². The van der Waals surface area contributed by atoms with Crippen molar-refractivity contribution in [3.63, 3.8) is 0 Å². The topological polar surface area (TPSA) is 35.5 Å². The summed E-state index contributed by atoms with van der Waals surface area (Å²) in [6.07, 6.45) is 7.41. The van der Waals surface area contributed by atoms with Crippen molar-refractivity contribution in [1.29, 1.82) is 0 Å². The van der Waals surface area contributed by atoms with E-state index in [0.717, 1.165) is 30.0 Å². The number of hydrogen-bond acceptors (Lipinski definition) is 3. The van der Waals surface area contributed by atoms with Gasteiger partial charge in [-0.15, -0.1) is 0 Å². The Hall–Kier alpha value is -0.580. The molecule has 21 heavy (non-hydrogen) atoms. The van der Waals surface area contributed by atoms with E-state index in [1.54, 1.807) is 0 Å². The molecule has 0 heterocycles. The van der Waals surface area contributed by atoms with E-state index in [-0.39, 0.29) is 6.61 Å². The van der Waals surface area contributed by atoms with Gasteiger partial charge in [0.2, 0.25) is 0 Å². The van der Waals surface area contributed by atoms with E-state index in [0.29, 0.717) is 6.04 Å². The summed E-state index contributed by atoms with van der Waals surface area (Å²) in [6, 6.07) is 8.02. The van der Waals surface area contributed by atoms with Crippen molar-refractivity contribution >= 4 is 21.6 Å². The van der Waals surface area contributed by atoms with Crippen LogP contribution in [0.5, 0.6) is 0 Å². The molecule has 4 heteroatoms. The van der Waals surface area contributed by atoms with Crippen LogP contribution < -0.4 is 10.2 Å². The number of halogens is 1. The first kappa shape index (κ1) is 15.3. The van der Waals surface area contributed by atoms with Gasteiger partial charge in [0.05, 0.1) is 0 Å². The van der Waals surface area contributed by atoms with Crippen LogP contribution in [0.4, 0.5) is 5.69 Å². The highest BCUT2D eigenvalue weighted by atomic mass is 79.9. The average molecular weight is 353 g/mol. The van der Waals surface area contributed by atoms with Crippen molar-refractivity contribution in [2.24, 2.45) is 0 Å². The van der Waals surface area contributed by atoms with Crippen molar-refractivity contribution in [2.45, 2.75) is 57.2 Å². The fourth-order valence-corrected chi connectivity index (χ4v) is 3.37. The van der Waals surface area contributed by atoms with Crippen LogP contribution in [0.1, 0.15) is 44.1 Å². The van der Waals surface area contributed by atoms with Crippen LogP contribution in [0, 0.1) is 0 Å². The van der Waals surface area contributed by atoms with Crippen molar-refractivity contribution < 1.29 is 5.11 Å². The van der Waals surface area contributed by atoms with E-state index in [1.165, 1.54) is 43.4 Å². The Morgan fingerprint density at radius 1 is 1.24 bits per heavy atom. The Morgan fingerprint density at radius 3 is 2.67 bits per heavy atom. The first-order valence-corrected chi connectivity index (χ1v) is 8.96. The van der Waals surface area contributed by atoms with E-state index in [9.17, 15) is 5.11 Å². The molecule has 0 atom stereocenters. The van der Waals surface area contributed by atoms with Gasteiger partial charge in [0.25, 0.3) is 0 Å². The van der Waals surface area contributed by atoms with Crippen LogP contribution in [-0.2, 0) is 6.54 Å². The van der Waals surface area contributed by atoms with Gasteiger partial charge in [-0.3, -0.25) is 0 Å². The third-order valence-corrected chi connectivity index (χ3v) is 5.08. The minimum atomic E-state index is 0.273.